The van der Waals surface area contributed by atoms with Gasteiger partial charge in [0.2, 0.25) is 0 Å². The van der Waals surface area contributed by atoms with E-state index in [4.69, 9.17) is 10.8 Å². The minimum Gasteiger partial charge on any atom is -0.326 e. The van der Waals surface area contributed by atoms with Gasteiger partial charge in [-0.2, -0.15) is 5.10 Å². The Balaban J connectivity index is 1.59. The van der Waals surface area contributed by atoms with Crippen LogP contribution < -0.4 is 5.73 Å². The van der Waals surface area contributed by atoms with Crippen molar-refractivity contribution in [3.63, 3.8) is 0 Å². The maximum Gasteiger partial charge on any atom is 0.0735 e. The third-order valence-electron chi connectivity index (χ3n) is 6.57. The van der Waals surface area contributed by atoms with Crippen molar-refractivity contribution in [2.24, 2.45) is 23.5 Å². The average molecular weight is 307 g/mol. The predicted molar refractivity (Wildman–Crippen MR) is 91.3 cm³/mol. The van der Waals surface area contributed by atoms with E-state index < -0.39 is 0 Å². The molecule has 23 heavy (non-hydrogen) atoms. The van der Waals surface area contributed by atoms with E-state index in [0.29, 0.717) is 12.0 Å². The van der Waals surface area contributed by atoms with E-state index in [1.807, 2.05) is 0 Å². The third kappa shape index (κ3) is 2.09. The van der Waals surface area contributed by atoms with Crippen molar-refractivity contribution in [3.8, 4) is 5.69 Å². The molecule has 2 N–H and O–H groups in total. The van der Waals surface area contributed by atoms with Crippen molar-refractivity contribution in [2.75, 3.05) is 0 Å². The van der Waals surface area contributed by atoms with Crippen LogP contribution in [0.3, 0.4) is 0 Å². The Labute approximate surface area is 137 Å². The summed E-state index contributed by atoms with van der Waals surface area (Å²) in [6.45, 7) is 0.601. The van der Waals surface area contributed by atoms with E-state index in [-0.39, 0.29) is 0 Å². The lowest BCUT2D eigenvalue weighted by Gasteiger charge is -2.56. The summed E-state index contributed by atoms with van der Waals surface area (Å²) in [6, 6.07) is 10.4. The van der Waals surface area contributed by atoms with Crippen LogP contribution in [0.2, 0.25) is 0 Å². The first-order valence-corrected chi connectivity index (χ1v) is 9.10. The van der Waals surface area contributed by atoms with Crippen LogP contribution in [0.25, 0.3) is 5.69 Å². The highest BCUT2D eigenvalue weighted by molar-refractivity contribution is 5.36. The molecule has 6 rings (SSSR count). The Morgan fingerprint density at radius 3 is 2.17 bits per heavy atom. The number of nitrogens with zero attached hydrogens (tertiary/aromatic N) is 2. The summed E-state index contributed by atoms with van der Waals surface area (Å²) >= 11 is 0. The number of benzene rings is 1. The number of para-hydroxylation sites is 1. The zero-order valence-corrected chi connectivity index (χ0v) is 13.6. The Morgan fingerprint density at radius 2 is 1.61 bits per heavy atom. The van der Waals surface area contributed by atoms with Crippen molar-refractivity contribution in [1.29, 1.82) is 0 Å². The van der Waals surface area contributed by atoms with Crippen LogP contribution in [0.5, 0.6) is 0 Å². The van der Waals surface area contributed by atoms with Gasteiger partial charge in [0, 0.05) is 23.7 Å². The SMILES string of the molecule is NCc1cn(-c2ccccc2)nc1C12CC3CC(CC(C3)C1)C2. The van der Waals surface area contributed by atoms with Gasteiger partial charge in [-0.1, -0.05) is 18.2 Å². The Morgan fingerprint density at radius 1 is 1.00 bits per heavy atom. The minimum atomic E-state index is 0.323. The molecule has 0 amide bonds. The number of nitrogens with two attached hydrogens (primary N) is 1. The molecule has 1 heterocycles. The zero-order valence-electron chi connectivity index (χ0n) is 13.6. The van der Waals surface area contributed by atoms with Gasteiger partial charge in [0.1, 0.15) is 0 Å². The van der Waals surface area contributed by atoms with Gasteiger partial charge in [0.05, 0.1) is 11.4 Å². The van der Waals surface area contributed by atoms with Gasteiger partial charge in [-0.25, -0.2) is 4.68 Å². The van der Waals surface area contributed by atoms with Crippen molar-refractivity contribution < 1.29 is 0 Å². The molecule has 2 aromatic rings. The van der Waals surface area contributed by atoms with Gasteiger partial charge in [-0.05, 0) is 68.4 Å². The largest absolute Gasteiger partial charge is 0.326 e. The van der Waals surface area contributed by atoms with Gasteiger partial charge >= 0.3 is 0 Å². The highest BCUT2D eigenvalue weighted by Gasteiger charge is 2.53. The molecule has 3 heteroatoms. The molecule has 0 atom stereocenters. The molecular formula is C20H25N3. The average Bonchev–Trinajstić information content (AvgIpc) is 3.00. The molecule has 1 aromatic heterocycles. The molecule has 4 aliphatic carbocycles. The van der Waals surface area contributed by atoms with Gasteiger partial charge in [-0.15, -0.1) is 0 Å². The molecule has 120 valence electrons. The molecule has 0 saturated heterocycles. The number of hydrogen-bond acceptors (Lipinski definition) is 2. The Kier molecular flexibility index (Phi) is 2.96. The van der Waals surface area contributed by atoms with Crippen LogP contribution in [-0.2, 0) is 12.0 Å². The van der Waals surface area contributed by atoms with Crippen molar-refractivity contribution >= 4 is 0 Å². The number of aromatic nitrogens is 2. The van der Waals surface area contributed by atoms with Crippen LogP contribution in [0.4, 0.5) is 0 Å². The summed E-state index contributed by atoms with van der Waals surface area (Å²) in [5.74, 6) is 2.82. The second kappa shape index (κ2) is 4.94. The van der Waals surface area contributed by atoms with Crippen molar-refractivity contribution in [1.82, 2.24) is 9.78 Å². The van der Waals surface area contributed by atoms with E-state index in [2.05, 4.69) is 41.2 Å². The normalized spacial score (nSPS) is 34.9. The van der Waals surface area contributed by atoms with E-state index in [9.17, 15) is 0 Å². The Hall–Kier alpha value is -1.61. The van der Waals surface area contributed by atoms with Crippen molar-refractivity contribution in [3.05, 3.63) is 47.8 Å². The summed E-state index contributed by atoms with van der Waals surface area (Å²) in [5, 5.41) is 5.08. The third-order valence-corrected chi connectivity index (χ3v) is 6.57. The molecule has 0 unspecified atom stereocenters. The first kappa shape index (κ1) is 13.8. The summed E-state index contributed by atoms with van der Waals surface area (Å²) in [5.41, 5.74) is 10.1. The lowest BCUT2D eigenvalue weighted by molar-refractivity contribution is -0.00772. The minimum absolute atomic E-state index is 0.323. The molecule has 4 bridgehead atoms. The standard InChI is InChI=1S/C20H25N3/c21-12-17-13-23(18-4-2-1-3-5-18)22-19(17)20-9-14-6-15(10-20)8-16(7-14)11-20/h1-5,13-16H,6-12,21H2. The molecule has 0 spiro atoms. The fraction of sp³-hybridized carbons (Fsp3) is 0.550. The molecule has 1 aromatic carbocycles. The van der Waals surface area contributed by atoms with Crippen LogP contribution >= 0.6 is 0 Å². The fourth-order valence-corrected chi connectivity index (χ4v) is 6.12. The predicted octanol–water partition coefficient (Wildman–Crippen LogP) is 3.80. The highest BCUT2D eigenvalue weighted by atomic mass is 15.3. The summed E-state index contributed by atoms with van der Waals surface area (Å²) < 4.78 is 2.05. The monoisotopic (exact) mass is 307 g/mol. The van der Waals surface area contributed by atoms with E-state index in [1.54, 1.807) is 0 Å². The van der Waals surface area contributed by atoms with Gasteiger partial charge in [-0.3, -0.25) is 0 Å². The second-order valence-corrected chi connectivity index (χ2v) is 8.19. The summed E-state index contributed by atoms with van der Waals surface area (Å²) in [6.07, 6.45) is 10.6. The maximum atomic E-state index is 6.11. The molecule has 4 aliphatic rings. The van der Waals surface area contributed by atoms with Gasteiger partial charge in [0.15, 0.2) is 0 Å². The topological polar surface area (TPSA) is 43.8 Å². The van der Waals surface area contributed by atoms with Crippen LogP contribution in [-0.4, -0.2) is 9.78 Å². The van der Waals surface area contributed by atoms with E-state index >= 15 is 0 Å². The fourth-order valence-electron chi connectivity index (χ4n) is 6.12. The molecule has 4 fully saturated rings. The van der Waals surface area contributed by atoms with E-state index in [0.717, 1.165) is 23.4 Å². The molecule has 3 nitrogen and oxygen atoms in total. The Bertz CT molecular complexity index is 680. The van der Waals surface area contributed by atoms with Crippen LogP contribution in [0, 0.1) is 17.8 Å². The summed E-state index contributed by atoms with van der Waals surface area (Å²) in [4.78, 5) is 0. The highest BCUT2D eigenvalue weighted by Crippen LogP contribution is 2.60. The number of hydrogen-bond donors (Lipinski definition) is 1. The lowest BCUT2D eigenvalue weighted by Crippen LogP contribution is -2.49. The lowest BCUT2D eigenvalue weighted by atomic mass is 9.48. The molecule has 4 saturated carbocycles. The molecular weight excluding hydrogens is 282 g/mol. The van der Waals surface area contributed by atoms with Gasteiger partial charge in [0.25, 0.3) is 0 Å². The van der Waals surface area contributed by atoms with Crippen molar-refractivity contribution in [2.45, 2.75) is 50.5 Å². The van der Waals surface area contributed by atoms with Crippen LogP contribution in [0.1, 0.15) is 49.8 Å². The maximum absolute atomic E-state index is 6.11. The zero-order chi connectivity index (χ0) is 15.4. The molecule has 0 aliphatic heterocycles. The van der Waals surface area contributed by atoms with Gasteiger partial charge < -0.3 is 5.73 Å². The smallest absolute Gasteiger partial charge is 0.0735 e. The second-order valence-electron chi connectivity index (χ2n) is 8.19. The van der Waals surface area contributed by atoms with Crippen LogP contribution in [0.15, 0.2) is 36.5 Å². The molecule has 0 radical (unpaired) electrons. The summed E-state index contributed by atoms with van der Waals surface area (Å²) in [7, 11) is 0. The van der Waals surface area contributed by atoms with E-state index in [1.165, 1.54) is 49.8 Å². The first-order chi connectivity index (χ1) is 11.3. The first-order valence-electron chi connectivity index (χ1n) is 9.10. The quantitative estimate of drug-likeness (QED) is 0.937. The number of rotatable bonds is 3.